The zero-order valence-corrected chi connectivity index (χ0v) is 12.3. The van der Waals surface area contributed by atoms with E-state index in [1.54, 1.807) is 14.2 Å². The van der Waals surface area contributed by atoms with E-state index in [1.807, 2.05) is 0 Å². The number of benzene rings is 1. The fourth-order valence-corrected chi connectivity index (χ4v) is 2.89. The Kier molecular flexibility index (Phi) is 5.08. The van der Waals surface area contributed by atoms with Crippen molar-refractivity contribution in [3.63, 3.8) is 0 Å². The van der Waals surface area contributed by atoms with Crippen LogP contribution in [0, 0.1) is 0 Å². The predicted octanol–water partition coefficient (Wildman–Crippen LogP) is 3.12. The third kappa shape index (κ3) is 3.21. The molecule has 1 aliphatic rings. The molecule has 0 saturated carbocycles. The lowest BCUT2D eigenvalue weighted by Crippen LogP contribution is -2.25. The molecule has 0 aromatic heterocycles. The van der Waals surface area contributed by atoms with Crippen LogP contribution in [0.5, 0.6) is 11.5 Å². The first-order valence-corrected chi connectivity index (χ1v) is 7.25. The number of hydrogen-bond donors (Lipinski definition) is 1. The Balaban J connectivity index is 2.22. The number of fused-ring (bicyclic) bond motifs is 1. The summed E-state index contributed by atoms with van der Waals surface area (Å²) in [6.07, 6.45) is 4.87. The summed E-state index contributed by atoms with van der Waals surface area (Å²) in [7, 11) is 3.41. The van der Waals surface area contributed by atoms with Crippen molar-refractivity contribution in [2.45, 2.75) is 38.5 Å². The second kappa shape index (κ2) is 6.80. The van der Waals surface area contributed by atoms with Gasteiger partial charge in [0.2, 0.25) is 0 Å². The van der Waals surface area contributed by atoms with Gasteiger partial charge in [-0.2, -0.15) is 0 Å². The van der Waals surface area contributed by atoms with E-state index in [0.29, 0.717) is 5.92 Å². The van der Waals surface area contributed by atoms with Gasteiger partial charge in [-0.1, -0.05) is 6.92 Å². The first kappa shape index (κ1) is 14.2. The minimum Gasteiger partial charge on any atom is -0.493 e. The van der Waals surface area contributed by atoms with Crippen molar-refractivity contribution in [1.29, 1.82) is 0 Å². The van der Waals surface area contributed by atoms with Gasteiger partial charge < -0.3 is 14.8 Å². The molecule has 0 radical (unpaired) electrons. The molecule has 106 valence electrons. The minimum absolute atomic E-state index is 0.607. The summed E-state index contributed by atoms with van der Waals surface area (Å²) in [6, 6.07) is 4.33. The van der Waals surface area contributed by atoms with Gasteiger partial charge >= 0.3 is 0 Å². The van der Waals surface area contributed by atoms with E-state index in [9.17, 15) is 0 Å². The molecule has 2 rings (SSSR count). The molecule has 1 N–H and O–H groups in total. The number of aryl methyl sites for hydroxylation is 1. The number of hydrogen-bond acceptors (Lipinski definition) is 3. The molecule has 3 nitrogen and oxygen atoms in total. The van der Waals surface area contributed by atoms with Crippen molar-refractivity contribution in [3.05, 3.63) is 23.3 Å². The normalized spacial score (nSPS) is 17.9. The van der Waals surface area contributed by atoms with Gasteiger partial charge in [-0.3, -0.25) is 0 Å². The maximum Gasteiger partial charge on any atom is 0.161 e. The number of ether oxygens (including phenoxy) is 2. The van der Waals surface area contributed by atoms with Gasteiger partial charge in [0.25, 0.3) is 0 Å². The van der Waals surface area contributed by atoms with E-state index in [0.717, 1.165) is 31.0 Å². The average Bonchev–Trinajstić information content (AvgIpc) is 2.46. The Labute approximate surface area is 116 Å². The number of methoxy groups -OCH3 is 2. The lowest BCUT2D eigenvalue weighted by Gasteiger charge is -2.27. The molecule has 0 saturated heterocycles. The van der Waals surface area contributed by atoms with Crippen molar-refractivity contribution in [3.8, 4) is 11.5 Å². The Morgan fingerprint density at radius 3 is 2.63 bits per heavy atom. The van der Waals surface area contributed by atoms with Crippen LogP contribution in [0.25, 0.3) is 0 Å². The minimum atomic E-state index is 0.607. The van der Waals surface area contributed by atoms with E-state index in [2.05, 4.69) is 24.4 Å². The van der Waals surface area contributed by atoms with Crippen LogP contribution in [0.3, 0.4) is 0 Å². The van der Waals surface area contributed by atoms with Crippen LogP contribution in [0.4, 0.5) is 0 Å². The van der Waals surface area contributed by atoms with E-state index < -0.39 is 0 Å². The molecular formula is C16H25NO2. The highest BCUT2D eigenvalue weighted by Crippen LogP contribution is 2.38. The van der Waals surface area contributed by atoms with Crippen LogP contribution >= 0.6 is 0 Å². The maximum atomic E-state index is 5.43. The molecule has 1 aromatic carbocycles. The lowest BCUT2D eigenvalue weighted by molar-refractivity contribution is 0.352. The van der Waals surface area contributed by atoms with Crippen molar-refractivity contribution in [2.24, 2.45) is 0 Å². The van der Waals surface area contributed by atoms with Crippen molar-refractivity contribution >= 4 is 0 Å². The summed E-state index contributed by atoms with van der Waals surface area (Å²) >= 11 is 0. The van der Waals surface area contributed by atoms with E-state index >= 15 is 0 Å². The lowest BCUT2D eigenvalue weighted by atomic mass is 9.82. The van der Waals surface area contributed by atoms with Gasteiger partial charge in [-0.25, -0.2) is 0 Å². The standard InChI is InChI=1S/C16H25NO2/c1-4-8-17-11-13-7-5-6-12-9-15(18-2)16(19-3)10-14(12)13/h9-10,13,17H,4-8,11H2,1-3H3/t13-/m0/s1. The quantitative estimate of drug-likeness (QED) is 0.800. The second-order valence-electron chi connectivity index (χ2n) is 5.20. The molecule has 0 unspecified atom stereocenters. The second-order valence-corrected chi connectivity index (χ2v) is 5.20. The predicted molar refractivity (Wildman–Crippen MR) is 78.4 cm³/mol. The first-order chi connectivity index (χ1) is 9.30. The van der Waals surface area contributed by atoms with Gasteiger partial charge in [-0.15, -0.1) is 0 Å². The Morgan fingerprint density at radius 1 is 1.21 bits per heavy atom. The Bertz CT molecular complexity index is 417. The van der Waals surface area contributed by atoms with Crippen LogP contribution < -0.4 is 14.8 Å². The largest absolute Gasteiger partial charge is 0.493 e. The summed E-state index contributed by atoms with van der Waals surface area (Å²) in [5.41, 5.74) is 2.86. The molecular weight excluding hydrogens is 238 g/mol. The highest BCUT2D eigenvalue weighted by molar-refractivity contribution is 5.49. The number of rotatable bonds is 6. The Hall–Kier alpha value is -1.22. The highest BCUT2D eigenvalue weighted by Gasteiger charge is 2.22. The van der Waals surface area contributed by atoms with Gasteiger partial charge in [0, 0.05) is 6.54 Å². The summed E-state index contributed by atoms with van der Waals surface area (Å²) in [5.74, 6) is 2.31. The number of nitrogens with one attached hydrogen (secondary N) is 1. The monoisotopic (exact) mass is 263 g/mol. The molecule has 1 aromatic rings. The summed E-state index contributed by atoms with van der Waals surface area (Å²) < 4.78 is 10.8. The van der Waals surface area contributed by atoms with Crippen LogP contribution in [-0.4, -0.2) is 27.3 Å². The molecule has 19 heavy (non-hydrogen) atoms. The third-order valence-corrected chi connectivity index (χ3v) is 3.90. The Morgan fingerprint density at radius 2 is 1.95 bits per heavy atom. The first-order valence-electron chi connectivity index (χ1n) is 7.25. The van der Waals surface area contributed by atoms with Gasteiger partial charge in [0.05, 0.1) is 14.2 Å². The van der Waals surface area contributed by atoms with Gasteiger partial charge in [0.1, 0.15) is 0 Å². The van der Waals surface area contributed by atoms with Crippen LogP contribution in [0.15, 0.2) is 12.1 Å². The topological polar surface area (TPSA) is 30.5 Å². The van der Waals surface area contributed by atoms with E-state index in [1.165, 1.54) is 30.4 Å². The van der Waals surface area contributed by atoms with Gasteiger partial charge in [-0.05, 0) is 61.4 Å². The summed E-state index contributed by atoms with van der Waals surface area (Å²) in [4.78, 5) is 0. The molecule has 0 amide bonds. The van der Waals surface area contributed by atoms with Crippen LogP contribution in [0.2, 0.25) is 0 Å². The van der Waals surface area contributed by atoms with Crippen molar-refractivity contribution < 1.29 is 9.47 Å². The summed E-state index contributed by atoms with van der Waals surface area (Å²) in [6.45, 7) is 4.37. The molecule has 3 heteroatoms. The molecule has 1 aliphatic carbocycles. The average molecular weight is 263 g/mol. The maximum absolute atomic E-state index is 5.43. The molecule has 0 aliphatic heterocycles. The molecule has 0 bridgehead atoms. The zero-order chi connectivity index (χ0) is 13.7. The fraction of sp³-hybridized carbons (Fsp3) is 0.625. The van der Waals surface area contributed by atoms with Crippen LogP contribution in [0.1, 0.15) is 43.2 Å². The fourth-order valence-electron chi connectivity index (χ4n) is 2.89. The molecule has 1 atom stereocenters. The molecule has 0 heterocycles. The highest BCUT2D eigenvalue weighted by atomic mass is 16.5. The SMILES string of the molecule is CCCNC[C@@H]1CCCc2cc(OC)c(OC)cc21. The molecule has 0 fully saturated rings. The zero-order valence-electron chi connectivity index (χ0n) is 12.3. The summed E-state index contributed by atoms with van der Waals surface area (Å²) in [5, 5.41) is 3.54. The smallest absolute Gasteiger partial charge is 0.161 e. The van der Waals surface area contributed by atoms with E-state index in [-0.39, 0.29) is 0 Å². The van der Waals surface area contributed by atoms with Crippen LogP contribution in [-0.2, 0) is 6.42 Å². The van der Waals surface area contributed by atoms with Crippen molar-refractivity contribution in [1.82, 2.24) is 5.32 Å². The van der Waals surface area contributed by atoms with Gasteiger partial charge in [0.15, 0.2) is 11.5 Å². The molecule has 0 spiro atoms. The van der Waals surface area contributed by atoms with Crippen molar-refractivity contribution in [2.75, 3.05) is 27.3 Å². The van der Waals surface area contributed by atoms with E-state index in [4.69, 9.17) is 9.47 Å². The third-order valence-electron chi connectivity index (χ3n) is 3.90.